The van der Waals surface area contributed by atoms with E-state index in [0.29, 0.717) is 0 Å². The van der Waals surface area contributed by atoms with Gasteiger partial charge in [0.05, 0.1) is 5.75 Å². The Hall–Kier alpha value is -0.550. The van der Waals surface area contributed by atoms with Gasteiger partial charge in [0.1, 0.15) is 5.01 Å². The van der Waals surface area contributed by atoms with E-state index in [-0.39, 0.29) is 0 Å². The second kappa shape index (κ2) is 7.90. The summed E-state index contributed by atoms with van der Waals surface area (Å²) in [6, 6.07) is 7.94. The minimum atomic E-state index is 0.786. The Morgan fingerprint density at radius 3 is 3.11 bits per heavy atom. The van der Waals surface area contributed by atoms with Gasteiger partial charge in [-0.25, -0.2) is 4.98 Å². The summed E-state index contributed by atoms with van der Waals surface area (Å²) < 4.78 is 0. The molecule has 1 aromatic carbocycles. The topological polar surface area (TPSA) is 24.9 Å². The van der Waals surface area contributed by atoms with Crippen LogP contribution < -0.4 is 5.32 Å². The third-order valence-electron chi connectivity index (χ3n) is 2.49. The van der Waals surface area contributed by atoms with E-state index in [1.54, 1.807) is 23.1 Å². The molecule has 0 bridgehead atoms. The van der Waals surface area contributed by atoms with E-state index in [4.69, 9.17) is 11.6 Å². The zero-order chi connectivity index (χ0) is 13.5. The molecule has 0 saturated heterocycles. The molecule has 5 heteroatoms. The molecule has 2 nitrogen and oxygen atoms in total. The minimum Gasteiger partial charge on any atom is -0.312 e. The molecule has 1 heterocycles. The van der Waals surface area contributed by atoms with Gasteiger partial charge in [-0.3, -0.25) is 0 Å². The first-order valence-electron chi connectivity index (χ1n) is 6.30. The summed E-state index contributed by atoms with van der Waals surface area (Å²) in [4.78, 5) is 6.95. The van der Waals surface area contributed by atoms with Crippen LogP contribution in [0.5, 0.6) is 0 Å². The van der Waals surface area contributed by atoms with Gasteiger partial charge < -0.3 is 5.32 Å². The lowest BCUT2D eigenvalue weighted by Gasteiger charge is -2.00. The number of halogens is 1. The fraction of sp³-hybridized carbons (Fsp3) is 0.357. The molecular formula is C14H17ClN2S2. The standard InChI is InChI=1S/C14H17ClN2S2/c1-2-6-16-8-13-9-17-14(19-13)10-18-12-5-3-4-11(15)7-12/h3-5,7,9,16H,2,6,8,10H2,1H3. The van der Waals surface area contributed by atoms with Crippen LogP contribution in [0.4, 0.5) is 0 Å². The predicted molar refractivity (Wildman–Crippen MR) is 85.1 cm³/mol. The summed E-state index contributed by atoms with van der Waals surface area (Å²) in [6.07, 6.45) is 3.14. The zero-order valence-corrected chi connectivity index (χ0v) is 13.2. The highest BCUT2D eigenvalue weighted by atomic mass is 35.5. The van der Waals surface area contributed by atoms with E-state index in [1.165, 1.54) is 14.8 Å². The molecule has 1 aromatic heterocycles. The highest BCUT2D eigenvalue weighted by Gasteiger charge is 2.03. The van der Waals surface area contributed by atoms with Gasteiger partial charge in [-0.05, 0) is 31.2 Å². The van der Waals surface area contributed by atoms with Crippen molar-refractivity contribution in [1.29, 1.82) is 0 Å². The van der Waals surface area contributed by atoms with Crippen LogP contribution in [0.1, 0.15) is 23.2 Å². The number of nitrogens with zero attached hydrogens (tertiary/aromatic N) is 1. The molecule has 2 aromatic rings. The molecule has 0 aliphatic carbocycles. The van der Waals surface area contributed by atoms with Gasteiger partial charge in [0.15, 0.2) is 0 Å². The molecule has 0 saturated carbocycles. The Morgan fingerprint density at radius 2 is 2.32 bits per heavy atom. The molecule has 0 radical (unpaired) electrons. The number of rotatable bonds is 7. The lowest BCUT2D eigenvalue weighted by atomic mass is 10.4. The average molecular weight is 313 g/mol. The molecular weight excluding hydrogens is 296 g/mol. The van der Waals surface area contributed by atoms with Crippen LogP contribution in [-0.4, -0.2) is 11.5 Å². The van der Waals surface area contributed by atoms with Crippen molar-refractivity contribution in [2.24, 2.45) is 0 Å². The molecule has 102 valence electrons. The van der Waals surface area contributed by atoms with E-state index in [9.17, 15) is 0 Å². The maximum absolute atomic E-state index is 5.97. The van der Waals surface area contributed by atoms with Crippen LogP contribution in [-0.2, 0) is 12.3 Å². The lowest BCUT2D eigenvalue weighted by Crippen LogP contribution is -2.12. The molecule has 0 unspecified atom stereocenters. The maximum atomic E-state index is 5.97. The second-order valence-corrected chi connectivity index (χ2v) is 6.83. The zero-order valence-electron chi connectivity index (χ0n) is 10.9. The van der Waals surface area contributed by atoms with Gasteiger partial charge >= 0.3 is 0 Å². The second-order valence-electron chi connectivity index (χ2n) is 4.14. The normalized spacial score (nSPS) is 10.8. The molecule has 0 aliphatic heterocycles. The number of thiazole rings is 1. The molecule has 0 fully saturated rings. The van der Waals surface area contributed by atoms with Crippen LogP contribution in [0.2, 0.25) is 5.02 Å². The van der Waals surface area contributed by atoms with Gasteiger partial charge in [0.2, 0.25) is 0 Å². The van der Waals surface area contributed by atoms with Crippen molar-refractivity contribution in [2.45, 2.75) is 30.5 Å². The number of nitrogens with one attached hydrogen (secondary N) is 1. The largest absolute Gasteiger partial charge is 0.312 e. The SMILES string of the molecule is CCCNCc1cnc(CSc2cccc(Cl)c2)s1. The minimum absolute atomic E-state index is 0.786. The summed E-state index contributed by atoms with van der Waals surface area (Å²) in [5.74, 6) is 0.902. The van der Waals surface area contributed by atoms with Gasteiger partial charge in [0.25, 0.3) is 0 Å². The van der Waals surface area contributed by atoms with Gasteiger partial charge in [-0.2, -0.15) is 0 Å². The summed E-state index contributed by atoms with van der Waals surface area (Å²) in [6.45, 7) is 4.16. The molecule has 0 spiro atoms. The van der Waals surface area contributed by atoms with E-state index >= 15 is 0 Å². The average Bonchev–Trinajstić information content (AvgIpc) is 2.85. The van der Waals surface area contributed by atoms with Crippen LogP contribution in [0.25, 0.3) is 0 Å². The van der Waals surface area contributed by atoms with Crippen molar-refractivity contribution in [3.05, 3.63) is 45.4 Å². The summed E-state index contributed by atoms with van der Waals surface area (Å²) >= 11 is 9.52. The Labute approximate surface area is 127 Å². The fourth-order valence-electron chi connectivity index (χ4n) is 1.59. The number of benzene rings is 1. The molecule has 0 atom stereocenters. The number of hydrogen-bond donors (Lipinski definition) is 1. The number of hydrogen-bond acceptors (Lipinski definition) is 4. The van der Waals surface area contributed by atoms with Crippen LogP contribution in [0.3, 0.4) is 0 Å². The van der Waals surface area contributed by atoms with E-state index in [0.717, 1.165) is 30.3 Å². The predicted octanol–water partition coefficient (Wildman–Crippen LogP) is 4.59. The highest BCUT2D eigenvalue weighted by molar-refractivity contribution is 7.98. The van der Waals surface area contributed by atoms with Crippen molar-refractivity contribution in [3.8, 4) is 0 Å². The third kappa shape index (κ3) is 5.15. The quantitative estimate of drug-likeness (QED) is 0.598. The lowest BCUT2D eigenvalue weighted by molar-refractivity contribution is 0.681. The molecule has 19 heavy (non-hydrogen) atoms. The Bertz CT molecular complexity index is 514. The number of thioether (sulfide) groups is 1. The molecule has 0 amide bonds. The van der Waals surface area contributed by atoms with Crippen molar-refractivity contribution in [1.82, 2.24) is 10.3 Å². The van der Waals surface area contributed by atoms with Gasteiger partial charge in [0, 0.05) is 27.5 Å². The molecule has 1 N–H and O–H groups in total. The van der Waals surface area contributed by atoms with Crippen molar-refractivity contribution in [2.75, 3.05) is 6.54 Å². The van der Waals surface area contributed by atoms with Crippen molar-refractivity contribution in [3.63, 3.8) is 0 Å². The summed E-state index contributed by atoms with van der Waals surface area (Å²) in [7, 11) is 0. The van der Waals surface area contributed by atoms with Gasteiger partial charge in [-0.1, -0.05) is 24.6 Å². The van der Waals surface area contributed by atoms with E-state index in [2.05, 4.69) is 23.3 Å². The van der Waals surface area contributed by atoms with Gasteiger partial charge in [-0.15, -0.1) is 23.1 Å². The highest BCUT2D eigenvalue weighted by Crippen LogP contribution is 2.26. The summed E-state index contributed by atoms with van der Waals surface area (Å²) in [5.41, 5.74) is 0. The third-order valence-corrected chi connectivity index (χ3v) is 4.91. The van der Waals surface area contributed by atoms with Crippen LogP contribution in [0.15, 0.2) is 35.4 Å². The first-order valence-corrected chi connectivity index (χ1v) is 8.48. The Morgan fingerprint density at radius 1 is 1.42 bits per heavy atom. The number of aromatic nitrogens is 1. The monoisotopic (exact) mass is 312 g/mol. The van der Waals surface area contributed by atoms with E-state index in [1.807, 2.05) is 24.4 Å². The van der Waals surface area contributed by atoms with E-state index < -0.39 is 0 Å². The van der Waals surface area contributed by atoms with Crippen LogP contribution >= 0.6 is 34.7 Å². The van der Waals surface area contributed by atoms with Crippen molar-refractivity contribution >= 4 is 34.7 Å². The first-order chi connectivity index (χ1) is 9.28. The van der Waals surface area contributed by atoms with Crippen LogP contribution in [0, 0.1) is 0 Å². The smallest absolute Gasteiger partial charge is 0.103 e. The molecule has 0 aliphatic rings. The Kier molecular flexibility index (Phi) is 6.17. The fourth-order valence-corrected chi connectivity index (χ4v) is 3.69. The maximum Gasteiger partial charge on any atom is 0.103 e. The van der Waals surface area contributed by atoms with Crippen molar-refractivity contribution < 1.29 is 0 Å². The summed E-state index contributed by atoms with van der Waals surface area (Å²) in [5, 5.41) is 5.34. The first kappa shape index (κ1) is 14.9. The Balaban J connectivity index is 1.83. The molecule has 2 rings (SSSR count).